The van der Waals surface area contributed by atoms with Crippen LogP contribution in [0.2, 0.25) is 0 Å². The SMILES string of the molecule is CC(=S)SSc1ccccc1. The van der Waals surface area contributed by atoms with E-state index < -0.39 is 0 Å². The Morgan fingerprint density at radius 1 is 1.27 bits per heavy atom. The molecule has 0 radical (unpaired) electrons. The smallest absolute Gasteiger partial charge is 0.0559 e. The molecule has 0 aromatic heterocycles. The van der Waals surface area contributed by atoms with Crippen LogP contribution in [0.1, 0.15) is 6.92 Å². The first-order valence-electron chi connectivity index (χ1n) is 3.19. The lowest BCUT2D eigenvalue weighted by Crippen LogP contribution is -1.70. The van der Waals surface area contributed by atoms with Crippen molar-refractivity contribution in [1.82, 2.24) is 0 Å². The van der Waals surface area contributed by atoms with E-state index in [1.54, 1.807) is 21.6 Å². The quantitative estimate of drug-likeness (QED) is 0.527. The largest absolute Gasteiger partial charge is 0.0768 e. The summed E-state index contributed by atoms with van der Waals surface area (Å²) in [7, 11) is 3.34. The lowest BCUT2D eigenvalue weighted by molar-refractivity contribution is 1.48. The molecule has 0 spiro atoms. The van der Waals surface area contributed by atoms with Gasteiger partial charge in [0.15, 0.2) is 0 Å². The first kappa shape index (κ1) is 9.10. The normalized spacial score (nSPS) is 9.55. The summed E-state index contributed by atoms with van der Waals surface area (Å²) in [6.45, 7) is 1.94. The second-order valence-electron chi connectivity index (χ2n) is 1.97. The average molecular weight is 200 g/mol. The maximum absolute atomic E-state index is 4.94. The third-order valence-corrected chi connectivity index (χ3v) is 3.92. The molecule has 0 aliphatic heterocycles. The third kappa shape index (κ3) is 3.79. The van der Waals surface area contributed by atoms with Crippen molar-refractivity contribution in [3.63, 3.8) is 0 Å². The Labute approximate surface area is 80.2 Å². The van der Waals surface area contributed by atoms with E-state index in [1.807, 2.05) is 25.1 Å². The molecule has 0 heterocycles. The molecule has 0 aliphatic rings. The topological polar surface area (TPSA) is 0 Å². The summed E-state index contributed by atoms with van der Waals surface area (Å²) in [5, 5.41) is 0. The molecule has 3 heteroatoms. The molecule has 0 saturated carbocycles. The standard InChI is InChI=1S/C8H8S3/c1-7(9)10-11-8-5-3-2-4-6-8/h2-6H,1H3. The van der Waals surface area contributed by atoms with Crippen molar-refractivity contribution in [2.75, 3.05) is 0 Å². The van der Waals surface area contributed by atoms with Crippen LogP contribution in [0.5, 0.6) is 0 Å². The highest BCUT2D eigenvalue weighted by atomic mass is 33.1. The zero-order chi connectivity index (χ0) is 8.10. The summed E-state index contributed by atoms with van der Waals surface area (Å²) in [6.07, 6.45) is 0. The maximum atomic E-state index is 4.94. The van der Waals surface area contributed by atoms with Crippen molar-refractivity contribution in [2.24, 2.45) is 0 Å². The van der Waals surface area contributed by atoms with Gasteiger partial charge in [0.1, 0.15) is 0 Å². The number of hydrogen-bond acceptors (Lipinski definition) is 3. The van der Waals surface area contributed by atoms with Crippen molar-refractivity contribution < 1.29 is 0 Å². The number of thiocarbonyl (C=S) groups is 1. The Bertz CT molecular complexity index is 230. The second kappa shape index (κ2) is 4.80. The molecule has 11 heavy (non-hydrogen) atoms. The molecule has 1 aromatic carbocycles. The van der Waals surface area contributed by atoms with Gasteiger partial charge in [0.25, 0.3) is 0 Å². The predicted octanol–water partition coefficient (Wildman–Crippen LogP) is 3.77. The molecule has 0 atom stereocenters. The summed E-state index contributed by atoms with van der Waals surface area (Å²) in [6, 6.07) is 10.2. The lowest BCUT2D eigenvalue weighted by Gasteiger charge is -1.96. The van der Waals surface area contributed by atoms with Crippen LogP contribution in [0.4, 0.5) is 0 Å². The summed E-state index contributed by atoms with van der Waals surface area (Å²) in [5.74, 6) is 0. The Hall–Kier alpha value is 0.01000. The van der Waals surface area contributed by atoms with Crippen molar-refractivity contribution in [1.29, 1.82) is 0 Å². The van der Waals surface area contributed by atoms with Crippen LogP contribution in [0.15, 0.2) is 35.2 Å². The van der Waals surface area contributed by atoms with E-state index >= 15 is 0 Å². The van der Waals surface area contributed by atoms with Crippen LogP contribution >= 0.6 is 33.8 Å². The molecule has 1 rings (SSSR count). The van der Waals surface area contributed by atoms with Gasteiger partial charge in [0.05, 0.1) is 4.20 Å². The minimum Gasteiger partial charge on any atom is -0.0768 e. The fourth-order valence-corrected chi connectivity index (χ4v) is 2.34. The minimum absolute atomic E-state index is 0.971. The van der Waals surface area contributed by atoms with E-state index in [1.165, 1.54) is 4.90 Å². The van der Waals surface area contributed by atoms with E-state index in [0.717, 1.165) is 4.20 Å². The van der Waals surface area contributed by atoms with E-state index in [-0.39, 0.29) is 0 Å². The van der Waals surface area contributed by atoms with Crippen LogP contribution in [-0.4, -0.2) is 4.20 Å². The molecule has 0 nitrogen and oxygen atoms in total. The second-order valence-corrected chi connectivity index (χ2v) is 5.26. The summed E-state index contributed by atoms with van der Waals surface area (Å²) in [4.78, 5) is 1.25. The highest BCUT2D eigenvalue weighted by Crippen LogP contribution is 2.31. The summed E-state index contributed by atoms with van der Waals surface area (Å²) < 4.78 is 0.971. The maximum Gasteiger partial charge on any atom is 0.0559 e. The fourth-order valence-electron chi connectivity index (χ4n) is 0.583. The molecule has 0 fully saturated rings. The molecule has 0 saturated heterocycles. The van der Waals surface area contributed by atoms with E-state index in [0.29, 0.717) is 0 Å². The third-order valence-electron chi connectivity index (χ3n) is 0.998. The summed E-state index contributed by atoms with van der Waals surface area (Å²) in [5.41, 5.74) is 0. The molecular formula is C8H8S3. The van der Waals surface area contributed by atoms with Crippen molar-refractivity contribution >= 4 is 38.0 Å². The number of rotatable bonds is 2. The van der Waals surface area contributed by atoms with Gasteiger partial charge in [0.2, 0.25) is 0 Å². The fraction of sp³-hybridized carbons (Fsp3) is 0.125. The van der Waals surface area contributed by atoms with Gasteiger partial charge in [-0.15, -0.1) is 0 Å². The van der Waals surface area contributed by atoms with Crippen LogP contribution in [0.25, 0.3) is 0 Å². The van der Waals surface area contributed by atoms with Gasteiger partial charge in [-0.2, -0.15) is 0 Å². The van der Waals surface area contributed by atoms with E-state index in [9.17, 15) is 0 Å². The zero-order valence-corrected chi connectivity index (χ0v) is 8.56. The van der Waals surface area contributed by atoms with Crippen LogP contribution < -0.4 is 0 Å². The Kier molecular flexibility index (Phi) is 3.97. The van der Waals surface area contributed by atoms with Gasteiger partial charge in [-0.05, 0) is 29.9 Å². The van der Waals surface area contributed by atoms with Gasteiger partial charge in [-0.1, -0.05) is 41.2 Å². The monoisotopic (exact) mass is 200 g/mol. The number of hydrogen-bond donors (Lipinski definition) is 0. The van der Waals surface area contributed by atoms with Crippen molar-refractivity contribution in [2.45, 2.75) is 11.8 Å². The number of benzene rings is 1. The van der Waals surface area contributed by atoms with E-state index in [2.05, 4.69) is 12.1 Å². The molecule has 0 amide bonds. The Morgan fingerprint density at radius 3 is 2.45 bits per heavy atom. The molecule has 0 aliphatic carbocycles. The van der Waals surface area contributed by atoms with Crippen molar-refractivity contribution in [3.8, 4) is 0 Å². The molecule has 0 N–H and O–H groups in total. The molecular weight excluding hydrogens is 192 g/mol. The van der Waals surface area contributed by atoms with Crippen molar-refractivity contribution in [3.05, 3.63) is 30.3 Å². The average Bonchev–Trinajstić information content (AvgIpc) is 2.03. The lowest BCUT2D eigenvalue weighted by atomic mass is 10.4. The summed E-state index contributed by atoms with van der Waals surface area (Å²) >= 11 is 4.94. The molecule has 58 valence electrons. The first-order valence-corrected chi connectivity index (χ1v) is 5.75. The van der Waals surface area contributed by atoms with Gasteiger partial charge >= 0.3 is 0 Å². The van der Waals surface area contributed by atoms with Crippen LogP contribution in [0, 0.1) is 0 Å². The van der Waals surface area contributed by atoms with Gasteiger partial charge < -0.3 is 0 Å². The molecule has 0 unspecified atom stereocenters. The van der Waals surface area contributed by atoms with E-state index in [4.69, 9.17) is 12.2 Å². The highest BCUT2D eigenvalue weighted by molar-refractivity contribution is 8.83. The van der Waals surface area contributed by atoms with Gasteiger partial charge in [0, 0.05) is 4.90 Å². The minimum atomic E-state index is 0.971. The predicted molar refractivity (Wildman–Crippen MR) is 58.2 cm³/mol. The van der Waals surface area contributed by atoms with Gasteiger partial charge in [-0.25, -0.2) is 0 Å². The Balaban J connectivity index is 2.45. The molecule has 0 bridgehead atoms. The van der Waals surface area contributed by atoms with Crippen LogP contribution in [0.3, 0.4) is 0 Å². The first-order chi connectivity index (χ1) is 5.29. The zero-order valence-electron chi connectivity index (χ0n) is 6.11. The van der Waals surface area contributed by atoms with Gasteiger partial charge in [-0.3, -0.25) is 0 Å². The Morgan fingerprint density at radius 2 is 1.91 bits per heavy atom. The molecule has 1 aromatic rings. The van der Waals surface area contributed by atoms with Crippen LogP contribution in [-0.2, 0) is 0 Å². The highest BCUT2D eigenvalue weighted by Gasteiger charge is 1.92.